The summed E-state index contributed by atoms with van der Waals surface area (Å²) >= 11 is 6.05. The van der Waals surface area contributed by atoms with Crippen molar-refractivity contribution in [1.29, 1.82) is 0 Å². The first-order chi connectivity index (χ1) is 9.22. The van der Waals surface area contributed by atoms with Crippen molar-refractivity contribution in [2.45, 2.75) is 25.8 Å². The molecule has 0 amide bonds. The minimum atomic E-state index is 0.0792. The van der Waals surface area contributed by atoms with E-state index in [4.69, 9.17) is 16.0 Å². The molecule has 0 fully saturated rings. The molecule has 3 aromatic rings. The number of para-hydroxylation sites is 1. The molecular formula is C15H15ClN2O. The van der Waals surface area contributed by atoms with Gasteiger partial charge in [0.15, 0.2) is 0 Å². The van der Waals surface area contributed by atoms with Gasteiger partial charge in [-0.15, -0.1) is 11.6 Å². The third-order valence-corrected chi connectivity index (χ3v) is 3.70. The molecule has 3 rings (SSSR count). The van der Waals surface area contributed by atoms with Crippen LogP contribution >= 0.6 is 11.6 Å². The standard InChI is InChI=1S/C15H15ClN2O/c1-10-5-3-6-12-15(10)17-14(9-16)18(12)11(2)13-7-4-8-19-13/h3-8,11H,9H2,1-2H3. The first kappa shape index (κ1) is 12.3. The SMILES string of the molecule is Cc1cccc2c1nc(CCl)n2C(C)c1ccco1. The number of alkyl halides is 1. The van der Waals surface area contributed by atoms with Crippen LogP contribution in [0.15, 0.2) is 41.0 Å². The molecule has 19 heavy (non-hydrogen) atoms. The highest BCUT2D eigenvalue weighted by molar-refractivity contribution is 6.16. The minimum absolute atomic E-state index is 0.0792. The van der Waals surface area contributed by atoms with E-state index in [0.717, 1.165) is 28.2 Å². The lowest BCUT2D eigenvalue weighted by atomic mass is 10.2. The maximum atomic E-state index is 6.05. The largest absolute Gasteiger partial charge is 0.467 e. The van der Waals surface area contributed by atoms with Gasteiger partial charge in [-0.25, -0.2) is 4.98 Å². The minimum Gasteiger partial charge on any atom is -0.467 e. The van der Waals surface area contributed by atoms with E-state index in [1.54, 1.807) is 6.26 Å². The maximum absolute atomic E-state index is 6.05. The Kier molecular flexibility index (Phi) is 3.07. The van der Waals surface area contributed by atoms with Gasteiger partial charge in [0.1, 0.15) is 11.6 Å². The summed E-state index contributed by atoms with van der Waals surface area (Å²) in [5.41, 5.74) is 3.27. The summed E-state index contributed by atoms with van der Waals surface area (Å²) in [7, 11) is 0. The Hall–Kier alpha value is -1.74. The van der Waals surface area contributed by atoms with Crippen molar-refractivity contribution in [3.63, 3.8) is 0 Å². The molecule has 1 atom stereocenters. The van der Waals surface area contributed by atoms with E-state index in [2.05, 4.69) is 35.5 Å². The van der Waals surface area contributed by atoms with Gasteiger partial charge in [-0.1, -0.05) is 12.1 Å². The number of furan rings is 1. The topological polar surface area (TPSA) is 31.0 Å². The molecule has 1 unspecified atom stereocenters. The summed E-state index contributed by atoms with van der Waals surface area (Å²) in [6.07, 6.45) is 1.69. The molecule has 1 aromatic carbocycles. The average molecular weight is 275 g/mol. The number of aryl methyl sites for hydroxylation is 1. The smallest absolute Gasteiger partial charge is 0.126 e. The zero-order valence-corrected chi connectivity index (χ0v) is 11.7. The monoisotopic (exact) mass is 274 g/mol. The van der Waals surface area contributed by atoms with E-state index in [-0.39, 0.29) is 6.04 Å². The molecule has 0 bridgehead atoms. The third kappa shape index (κ3) is 1.94. The zero-order valence-electron chi connectivity index (χ0n) is 10.9. The Labute approximate surface area is 116 Å². The number of fused-ring (bicyclic) bond motifs is 1. The van der Waals surface area contributed by atoms with Crippen LogP contribution in [0.25, 0.3) is 11.0 Å². The van der Waals surface area contributed by atoms with Crippen LogP contribution < -0.4 is 0 Å². The Morgan fingerprint density at radius 3 is 2.84 bits per heavy atom. The normalized spacial score (nSPS) is 13.0. The van der Waals surface area contributed by atoms with E-state index >= 15 is 0 Å². The second-order valence-corrected chi connectivity index (χ2v) is 4.93. The summed E-state index contributed by atoms with van der Waals surface area (Å²) in [5, 5.41) is 0. The van der Waals surface area contributed by atoms with Gasteiger partial charge >= 0.3 is 0 Å². The molecule has 0 radical (unpaired) electrons. The predicted octanol–water partition coefficient (Wildman–Crippen LogP) is 4.29. The van der Waals surface area contributed by atoms with Crippen LogP contribution in [0.5, 0.6) is 0 Å². The lowest BCUT2D eigenvalue weighted by Gasteiger charge is -2.14. The van der Waals surface area contributed by atoms with Gasteiger partial charge in [0, 0.05) is 0 Å². The summed E-state index contributed by atoms with van der Waals surface area (Å²) in [6.45, 7) is 4.16. The van der Waals surface area contributed by atoms with Crippen LogP contribution in [0.1, 0.15) is 30.1 Å². The van der Waals surface area contributed by atoms with Crippen molar-refractivity contribution in [2.75, 3.05) is 0 Å². The number of aromatic nitrogens is 2. The van der Waals surface area contributed by atoms with E-state index in [1.165, 1.54) is 0 Å². The number of halogens is 1. The van der Waals surface area contributed by atoms with Crippen LogP contribution in [0.2, 0.25) is 0 Å². The summed E-state index contributed by atoms with van der Waals surface area (Å²) in [4.78, 5) is 4.65. The van der Waals surface area contributed by atoms with Crippen molar-refractivity contribution in [2.24, 2.45) is 0 Å². The fourth-order valence-electron chi connectivity index (χ4n) is 2.49. The fourth-order valence-corrected chi connectivity index (χ4v) is 2.68. The Balaban J connectivity index is 2.24. The molecule has 2 aromatic heterocycles. The van der Waals surface area contributed by atoms with Gasteiger partial charge in [0.05, 0.1) is 29.2 Å². The highest BCUT2D eigenvalue weighted by Gasteiger charge is 2.19. The Bertz CT molecular complexity index is 700. The summed E-state index contributed by atoms with van der Waals surface area (Å²) in [5.74, 6) is 2.17. The van der Waals surface area contributed by atoms with Gasteiger partial charge in [0.25, 0.3) is 0 Å². The van der Waals surface area contributed by atoms with Gasteiger partial charge in [-0.05, 0) is 37.6 Å². The van der Waals surface area contributed by atoms with Crippen molar-refractivity contribution >= 4 is 22.6 Å². The molecule has 4 heteroatoms. The first-order valence-corrected chi connectivity index (χ1v) is 6.81. The molecule has 2 heterocycles. The van der Waals surface area contributed by atoms with E-state index < -0.39 is 0 Å². The van der Waals surface area contributed by atoms with Crippen molar-refractivity contribution in [3.05, 3.63) is 53.7 Å². The van der Waals surface area contributed by atoms with E-state index in [0.29, 0.717) is 5.88 Å². The molecule has 0 spiro atoms. The Morgan fingerprint density at radius 1 is 1.32 bits per heavy atom. The van der Waals surface area contributed by atoms with Gasteiger partial charge in [0.2, 0.25) is 0 Å². The molecule has 0 aliphatic carbocycles. The van der Waals surface area contributed by atoms with Gasteiger partial charge < -0.3 is 8.98 Å². The van der Waals surface area contributed by atoms with Crippen molar-refractivity contribution in [1.82, 2.24) is 9.55 Å². The van der Waals surface area contributed by atoms with Crippen LogP contribution in [0, 0.1) is 6.92 Å². The maximum Gasteiger partial charge on any atom is 0.126 e. The Morgan fingerprint density at radius 2 is 2.16 bits per heavy atom. The molecule has 3 nitrogen and oxygen atoms in total. The second kappa shape index (κ2) is 4.74. The first-order valence-electron chi connectivity index (χ1n) is 6.28. The number of imidazole rings is 1. The zero-order chi connectivity index (χ0) is 13.4. The van der Waals surface area contributed by atoms with Crippen molar-refractivity contribution < 1.29 is 4.42 Å². The molecule has 0 saturated carbocycles. The highest BCUT2D eigenvalue weighted by Crippen LogP contribution is 2.28. The lowest BCUT2D eigenvalue weighted by Crippen LogP contribution is -2.09. The molecule has 98 valence electrons. The lowest BCUT2D eigenvalue weighted by molar-refractivity contribution is 0.446. The predicted molar refractivity (Wildman–Crippen MR) is 76.5 cm³/mol. The quantitative estimate of drug-likeness (QED) is 0.667. The summed E-state index contributed by atoms with van der Waals surface area (Å²) in [6, 6.07) is 10.1. The second-order valence-electron chi connectivity index (χ2n) is 4.67. The number of hydrogen-bond acceptors (Lipinski definition) is 2. The van der Waals surface area contributed by atoms with Gasteiger partial charge in [-0.3, -0.25) is 0 Å². The summed E-state index contributed by atoms with van der Waals surface area (Å²) < 4.78 is 7.65. The average Bonchev–Trinajstić information content (AvgIpc) is 3.05. The number of nitrogens with zero attached hydrogens (tertiary/aromatic N) is 2. The number of rotatable bonds is 3. The third-order valence-electron chi connectivity index (χ3n) is 3.46. The van der Waals surface area contributed by atoms with Crippen LogP contribution in [0.4, 0.5) is 0 Å². The highest BCUT2D eigenvalue weighted by atomic mass is 35.5. The number of benzene rings is 1. The number of hydrogen-bond donors (Lipinski definition) is 0. The molecular weight excluding hydrogens is 260 g/mol. The van der Waals surface area contributed by atoms with E-state index in [1.807, 2.05) is 18.2 Å². The molecule has 0 aliphatic heterocycles. The van der Waals surface area contributed by atoms with Crippen LogP contribution in [-0.4, -0.2) is 9.55 Å². The fraction of sp³-hybridized carbons (Fsp3) is 0.267. The molecule has 0 saturated heterocycles. The van der Waals surface area contributed by atoms with Gasteiger partial charge in [-0.2, -0.15) is 0 Å². The van der Waals surface area contributed by atoms with Crippen LogP contribution in [0.3, 0.4) is 0 Å². The van der Waals surface area contributed by atoms with E-state index in [9.17, 15) is 0 Å². The molecule has 0 N–H and O–H groups in total. The molecule has 0 aliphatic rings. The van der Waals surface area contributed by atoms with Crippen molar-refractivity contribution in [3.8, 4) is 0 Å². The van der Waals surface area contributed by atoms with Crippen LogP contribution in [-0.2, 0) is 5.88 Å².